The Morgan fingerprint density at radius 3 is 2.12 bits per heavy atom. The van der Waals surface area contributed by atoms with E-state index in [-0.39, 0.29) is 47.9 Å². The number of nitrogens with one attached hydrogen (secondary N) is 2. The number of benzene rings is 1. The maximum absolute atomic E-state index is 13.1. The SMILES string of the molecule is Cc1ccc(NC(=O)CS(=O)CC(=O)N(CC(=O)NC2CCCCC2)C2CCCCC2)cc1. The van der Waals surface area contributed by atoms with Crippen molar-refractivity contribution in [3.05, 3.63) is 29.8 Å². The van der Waals surface area contributed by atoms with Gasteiger partial charge in [0.15, 0.2) is 0 Å². The molecule has 182 valence electrons. The van der Waals surface area contributed by atoms with E-state index >= 15 is 0 Å². The van der Waals surface area contributed by atoms with Crippen molar-refractivity contribution in [1.82, 2.24) is 10.2 Å². The van der Waals surface area contributed by atoms with Crippen LogP contribution in [0.3, 0.4) is 0 Å². The summed E-state index contributed by atoms with van der Waals surface area (Å²) in [5.41, 5.74) is 1.72. The summed E-state index contributed by atoms with van der Waals surface area (Å²) in [4.78, 5) is 39.7. The summed E-state index contributed by atoms with van der Waals surface area (Å²) < 4.78 is 12.6. The second kappa shape index (κ2) is 12.9. The number of anilines is 1. The van der Waals surface area contributed by atoms with Crippen LogP contribution in [0.5, 0.6) is 0 Å². The monoisotopic (exact) mass is 475 g/mol. The van der Waals surface area contributed by atoms with Gasteiger partial charge in [-0.2, -0.15) is 0 Å². The number of carbonyl (C=O) groups excluding carboxylic acids is 3. The fourth-order valence-electron chi connectivity index (χ4n) is 4.74. The molecule has 1 aromatic carbocycles. The predicted molar refractivity (Wildman–Crippen MR) is 131 cm³/mol. The molecule has 0 aliphatic heterocycles. The van der Waals surface area contributed by atoms with Crippen molar-refractivity contribution in [1.29, 1.82) is 0 Å². The number of hydrogen-bond donors (Lipinski definition) is 2. The van der Waals surface area contributed by atoms with E-state index in [9.17, 15) is 18.6 Å². The Kier molecular flexibility index (Phi) is 9.91. The van der Waals surface area contributed by atoms with Crippen LogP contribution in [0.1, 0.15) is 69.8 Å². The summed E-state index contributed by atoms with van der Waals surface area (Å²) in [5.74, 6) is -1.31. The first kappa shape index (κ1) is 25.4. The molecule has 0 spiro atoms. The van der Waals surface area contributed by atoms with Crippen molar-refractivity contribution >= 4 is 34.2 Å². The van der Waals surface area contributed by atoms with Crippen molar-refractivity contribution in [2.24, 2.45) is 0 Å². The first-order valence-electron chi connectivity index (χ1n) is 12.2. The van der Waals surface area contributed by atoms with Gasteiger partial charge in [0.2, 0.25) is 17.7 Å². The zero-order chi connectivity index (χ0) is 23.6. The molecule has 1 unspecified atom stereocenters. The molecule has 0 saturated heterocycles. The Morgan fingerprint density at radius 1 is 0.879 bits per heavy atom. The van der Waals surface area contributed by atoms with Gasteiger partial charge in [-0.3, -0.25) is 18.6 Å². The van der Waals surface area contributed by atoms with Crippen LogP contribution in [0.15, 0.2) is 24.3 Å². The van der Waals surface area contributed by atoms with Gasteiger partial charge < -0.3 is 15.5 Å². The van der Waals surface area contributed by atoms with E-state index in [4.69, 9.17) is 0 Å². The molecule has 2 aliphatic carbocycles. The summed E-state index contributed by atoms with van der Waals surface area (Å²) in [7, 11) is -1.64. The molecule has 0 bridgehead atoms. The van der Waals surface area contributed by atoms with Crippen LogP contribution in [0, 0.1) is 6.92 Å². The van der Waals surface area contributed by atoms with Crippen molar-refractivity contribution in [2.45, 2.75) is 83.2 Å². The van der Waals surface area contributed by atoms with Gasteiger partial charge in [0, 0.05) is 28.6 Å². The van der Waals surface area contributed by atoms with E-state index in [2.05, 4.69) is 10.6 Å². The first-order valence-corrected chi connectivity index (χ1v) is 13.7. The molecule has 3 rings (SSSR count). The summed E-state index contributed by atoms with van der Waals surface area (Å²) in [5, 5.41) is 5.81. The summed E-state index contributed by atoms with van der Waals surface area (Å²) in [6.45, 7) is 1.96. The summed E-state index contributed by atoms with van der Waals surface area (Å²) >= 11 is 0. The maximum Gasteiger partial charge on any atom is 0.239 e. The third kappa shape index (κ3) is 8.57. The molecule has 0 heterocycles. The predicted octanol–water partition coefficient (Wildman–Crippen LogP) is 3.29. The Labute approximate surface area is 199 Å². The number of aryl methyl sites for hydroxylation is 1. The Bertz CT molecular complexity index is 831. The van der Waals surface area contributed by atoms with Gasteiger partial charge in [0.05, 0.1) is 6.54 Å². The van der Waals surface area contributed by atoms with Crippen LogP contribution in [0.2, 0.25) is 0 Å². The van der Waals surface area contributed by atoms with E-state index in [1.807, 2.05) is 19.1 Å². The van der Waals surface area contributed by atoms with Crippen molar-refractivity contribution in [3.63, 3.8) is 0 Å². The van der Waals surface area contributed by atoms with Gasteiger partial charge in [0.25, 0.3) is 0 Å². The van der Waals surface area contributed by atoms with Crippen LogP contribution < -0.4 is 10.6 Å². The fraction of sp³-hybridized carbons (Fsp3) is 0.640. The lowest BCUT2D eigenvalue weighted by atomic mass is 9.94. The second-order valence-corrected chi connectivity index (χ2v) is 10.8. The van der Waals surface area contributed by atoms with E-state index in [1.54, 1.807) is 17.0 Å². The molecule has 3 amide bonds. The first-order chi connectivity index (χ1) is 15.9. The van der Waals surface area contributed by atoms with Gasteiger partial charge in [-0.25, -0.2) is 0 Å². The van der Waals surface area contributed by atoms with E-state index in [0.29, 0.717) is 5.69 Å². The van der Waals surface area contributed by atoms with Crippen LogP contribution in [-0.4, -0.2) is 57.0 Å². The van der Waals surface area contributed by atoms with E-state index in [0.717, 1.165) is 63.4 Å². The van der Waals surface area contributed by atoms with Gasteiger partial charge in [-0.05, 0) is 44.7 Å². The minimum atomic E-state index is -1.64. The molecule has 8 heteroatoms. The summed E-state index contributed by atoms with van der Waals surface area (Å²) in [6.07, 6.45) is 10.4. The van der Waals surface area contributed by atoms with Gasteiger partial charge in [0.1, 0.15) is 11.5 Å². The quantitative estimate of drug-likeness (QED) is 0.573. The van der Waals surface area contributed by atoms with Gasteiger partial charge in [-0.1, -0.05) is 56.2 Å². The lowest BCUT2D eigenvalue weighted by molar-refractivity contribution is -0.137. The third-order valence-electron chi connectivity index (χ3n) is 6.53. The average Bonchev–Trinajstić information content (AvgIpc) is 2.80. The van der Waals surface area contributed by atoms with Crippen LogP contribution in [-0.2, 0) is 25.2 Å². The number of amides is 3. The fourth-order valence-corrected chi connectivity index (χ4v) is 5.65. The molecule has 1 aromatic rings. The molecule has 1 atom stereocenters. The van der Waals surface area contributed by atoms with Crippen LogP contribution in [0.25, 0.3) is 0 Å². The number of hydrogen-bond acceptors (Lipinski definition) is 4. The third-order valence-corrected chi connectivity index (χ3v) is 7.69. The van der Waals surface area contributed by atoms with Crippen molar-refractivity contribution in [3.8, 4) is 0 Å². The Morgan fingerprint density at radius 2 is 1.48 bits per heavy atom. The lowest BCUT2D eigenvalue weighted by Crippen LogP contribution is -2.50. The average molecular weight is 476 g/mol. The minimum absolute atomic E-state index is 0.00161. The van der Waals surface area contributed by atoms with Crippen molar-refractivity contribution < 1.29 is 18.6 Å². The minimum Gasteiger partial charge on any atom is -0.352 e. The second-order valence-electron chi connectivity index (χ2n) is 9.36. The zero-order valence-corrected chi connectivity index (χ0v) is 20.5. The van der Waals surface area contributed by atoms with Crippen LogP contribution in [0.4, 0.5) is 5.69 Å². The Balaban J connectivity index is 1.54. The zero-order valence-electron chi connectivity index (χ0n) is 19.6. The largest absolute Gasteiger partial charge is 0.352 e. The number of carbonyl (C=O) groups is 3. The highest BCUT2D eigenvalue weighted by Gasteiger charge is 2.29. The van der Waals surface area contributed by atoms with Crippen LogP contribution >= 0.6 is 0 Å². The molecule has 0 radical (unpaired) electrons. The molecule has 2 fully saturated rings. The van der Waals surface area contributed by atoms with E-state index in [1.165, 1.54) is 6.42 Å². The number of rotatable bonds is 9. The van der Waals surface area contributed by atoms with Crippen molar-refractivity contribution in [2.75, 3.05) is 23.4 Å². The topological polar surface area (TPSA) is 95.6 Å². The molecule has 0 aromatic heterocycles. The molecule has 2 aliphatic rings. The number of nitrogens with zero attached hydrogens (tertiary/aromatic N) is 1. The molecular weight excluding hydrogens is 438 g/mol. The molecule has 2 N–H and O–H groups in total. The highest BCUT2D eigenvalue weighted by molar-refractivity contribution is 7.86. The van der Waals surface area contributed by atoms with Gasteiger partial charge >= 0.3 is 0 Å². The highest BCUT2D eigenvalue weighted by atomic mass is 32.2. The smallest absolute Gasteiger partial charge is 0.239 e. The lowest BCUT2D eigenvalue weighted by Gasteiger charge is -2.34. The summed E-state index contributed by atoms with van der Waals surface area (Å²) in [6, 6.07) is 7.54. The van der Waals surface area contributed by atoms with E-state index < -0.39 is 10.8 Å². The van der Waals surface area contributed by atoms with Gasteiger partial charge in [-0.15, -0.1) is 0 Å². The molecular formula is C25H37N3O4S. The normalized spacial score (nSPS) is 18.3. The molecule has 2 saturated carbocycles. The molecule has 7 nitrogen and oxygen atoms in total. The Hall–Kier alpha value is -2.22. The maximum atomic E-state index is 13.1. The molecule has 33 heavy (non-hydrogen) atoms. The highest BCUT2D eigenvalue weighted by Crippen LogP contribution is 2.23. The standard InChI is InChI=1S/C25H37N3O4S/c1-19-12-14-21(15-13-19)27-24(30)17-33(32)18-25(31)28(22-10-6-3-7-11-22)16-23(29)26-20-8-4-2-5-9-20/h12-15,20,22H,2-11,16-18H2,1H3,(H,26,29)(H,27,30).